The number of unbranched alkanes of at least 4 members (excludes halogenated alkanes) is 1. The Kier molecular flexibility index (Phi) is 5.99. The Morgan fingerprint density at radius 2 is 1.82 bits per heavy atom. The van der Waals surface area contributed by atoms with Gasteiger partial charge >= 0.3 is 0 Å². The first-order valence-electron chi connectivity index (χ1n) is 11.5. The van der Waals surface area contributed by atoms with Gasteiger partial charge in [-0.3, -0.25) is 14.9 Å². The van der Waals surface area contributed by atoms with Crippen molar-refractivity contribution >= 4 is 5.91 Å². The van der Waals surface area contributed by atoms with Gasteiger partial charge in [0, 0.05) is 30.1 Å². The van der Waals surface area contributed by atoms with Crippen LogP contribution in [-0.4, -0.2) is 37.7 Å². The number of pyridine rings is 1. The fraction of sp³-hybridized carbons (Fsp3) is 0.222. The molecule has 34 heavy (non-hydrogen) atoms. The average Bonchev–Trinajstić information content (AvgIpc) is 3.40. The van der Waals surface area contributed by atoms with Gasteiger partial charge < -0.3 is 14.7 Å². The van der Waals surface area contributed by atoms with E-state index in [1.807, 2.05) is 53.4 Å². The molecule has 172 valence electrons. The Morgan fingerprint density at radius 1 is 1.06 bits per heavy atom. The molecule has 0 fully saturated rings. The number of nitrogens with zero attached hydrogens (tertiary/aromatic N) is 3. The molecule has 1 unspecified atom stereocenters. The van der Waals surface area contributed by atoms with Crippen LogP contribution in [0.2, 0.25) is 0 Å². The van der Waals surface area contributed by atoms with Crippen molar-refractivity contribution in [3.63, 3.8) is 0 Å². The summed E-state index contributed by atoms with van der Waals surface area (Å²) in [5.41, 5.74) is 4.30. The molecule has 0 saturated heterocycles. The minimum atomic E-state index is -0.367. The van der Waals surface area contributed by atoms with Gasteiger partial charge in [-0.25, -0.2) is 0 Å². The maximum absolute atomic E-state index is 13.5. The summed E-state index contributed by atoms with van der Waals surface area (Å²) in [5, 5.41) is 17.9. The third-order valence-electron chi connectivity index (χ3n) is 6.09. The van der Waals surface area contributed by atoms with Crippen molar-refractivity contribution in [2.45, 2.75) is 32.4 Å². The Hall–Kier alpha value is -4.13. The van der Waals surface area contributed by atoms with E-state index in [1.54, 1.807) is 24.5 Å². The number of hydrogen-bond donors (Lipinski definition) is 2. The summed E-state index contributed by atoms with van der Waals surface area (Å²) in [4.78, 5) is 19.4. The molecule has 0 spiro atoms. The Labute approximate surface area is 198 Å². The molecule has 0 aliphatic carbocycles. The number of nitrogens with one attached hydrogen (secondary N) is 1. The number of phenols is 1. The van der Waals surface area contributed by atoms with Crippen LogP contribution in [0.5, 0.6) is 11.5 Å². The molecule has 2 N–H and O–H groups in total. The molecule has 1 aliphatic rings. The van der Waals surface area contributed by atoms with Crippen LogP contribution in [0.4, 0.5) is 0 Å². The van der Waals surface area contributed by atoms with E-state index < -0.39 is 0 Å². The lowest BCUT2D eigenvalue weighted by Gasteiger charge is -2.26. The highest BCUT2D eigenvalue weighted by atomic mass is 16.5. The third-order valence-corrected chi connectivity index (χ3v) is 6.09. The van der Waals surface area contributed by atoms with Crippen molar-refractivity contribution in [3.8, 4) is 22.8 Å². The summed E-state index contributed by atoms with van der Waals surface area (Å²) in [6.45, 7) is 3.23. The third kappa shape index (κ3) is 4.01. The van der Waals surface area contributed by atoms with Crippen LogP contribution >= 0.6 is 0 Å². The van der Waals surface area contributed by atoms with Crippen molar-refractivity contribution in [1.82, 2.24) is 20.1 Å². The first kappa shape index (κ1) is 21.7. The van der Waals surface area contributed by atoms with Crippen molar-refractivity contribution in [3.05, 3.63) is 95.4 Å². The van der Waals surface area contributed by atoms with Gasteiger partial charge in [0.15, 0.2) is 0 Å². The van der Waals surface area contributed by atoms with E-state index in [4.69, 9.17) is 4.74 Å². The molecule has 1 atom stereocenters. The maximum Gasteiger partial charge on any atom is 0.273 e. The van der Waals surface area contributed by atoms with Crippen LogP contribution in [0.1, 0.15) is 53.0 Å². The maximum atomic E-state index is 13.5. The van der Waals surface area contributed by atoms with Crippen LogP contribution in [0, 0.1) is 0 Å². The molecule has 1 aliphatic heterocycles. The number of para-hydroxylation sites is 1. The number of hydrogen-bond acceptors (Lipinski definition) is 5. The van der Waals surface area contributed by atoms with Gasteiger partial charge in [0.05, 0.1) is 12.6 Å². The number of aromatic nitrogens is 3. The van der Waals surface area contributed by atoms with Gasteiger partial charge in [0.2, 0.25) is 0 Å². The number of amides is 1. The number of benzene rings is 2. The van der Waals surface area contributed by atoms with E-state index in [-0.39, 0.29) is 17.7 Å². The van der Waals surface area contributed by atoms with Gasteiger partial charge in [0.25, 0.3) is 5.91 Å². The standard InChI is InChI=1S/C27H26N4O3/c1-2-3-16-34-20-10-8-19(9-11-20)26-23-24(21-6-4-5-7-22(21)32)29-30-25(23)27(33)31(26)17-18-12-14-28-15-13-18/h4-15,26,32H,2-3,16-17H2,1H3,(H,29,30). The van der Waals surface area contributed by atoms with Gasteiger partial charge in [-0.1, -0.05) is 37.6 Å². The summed E-state index contributed by atoms with van der Waals surface area (Å²) >= 11 is 0. The molecule has 0 radical (unpaired) electrons. The van der Waals surface area contributed by atoms with E-state index >= 15 is 0 Å². The minimum absolute atomic E-state index is 0.121. The molecule has 2 aromatic heterocycles. The molecule has 3 heterocycles. The number of phenolic OH excluding ortho intramolecular Hbond substituents is 1. The summed E-state index contributed by atoms with van der Waals surface area (Å²) < 4.78 is 5.83. The molecule has 7 heteroatoms. The van der Waals surface area contributed by atoms with Gasteiger partial charge in [-0.2, -0.15) is 5.10 Å². The highest BCUT2D eigenvalue weighted by molar-refractivity contribution is 6.00. The summed E-state index contributed by atoms with van der Waals surface area (Å²) in [6, 6.07) is 18.4. The first-order valence-corrected chi connectivity index (χ1v) is 11.5. The molecule has 1 amide bonds. The van der Waals surface area contributed by atoms with Crippen LogP contribution in [0.3, 0.4) is 0 Å². The highest BCUT2D eigenvalue weighted by Gasteiger charge is 2.42. The number of ether oxygens (including phenoxy) is 1. The Balaban J connectivity index is 1.57. The van der Waals surface area contributed by atoms with Crippen LogP contribution in [0.25, 0.3) is 11.3 Å². The lowest BCUT2D eigenvalue weighted by Crippen LogP contribution is -2.29. The lowest BCUT2D eigenvalue weighted by atomic mass is 9.95. The molecule has 2 aromatic carbocycles. The SMILES string of the molecule is CCCCOc1ccc(C2c3c(-c4ccccc4O)n[nH]c3C(=O)N2Cc2ccncc2)cc1. The number of H-pyrrole nitrogens is 1. The van der Waals surface area contributed by atoms with Crippen LogP contribution in [-0.2, 0) is 6.54 Å². The number of fused-ring (bicyclic) bond motifs is 1. The van der Waals surface area contributed by atoms with E-state index in [0.29, 0.717) is 30.1 Å². The summed E-state index contributed by atoms with van der Waals surface area (Å²) in [7, 11) is 0. The van der Waals surface area contributed by atoms with Gasteiger partial charge in [-0.05, 0) is 53.9 Å². The Bertz CT molecular complexity index is 1280. The van der Waals surface area contributed by atoms with Crippen LogP contribution in [0.15, 0.2) is 73.1 Å². The number of carbonyl (C=O) groups excluding carboxylic acids is 1. The lowest BCUT2D eigenvalue weighted by molar-refractivity contribution is 0.0730. The van der Waals surface area contributed by atoms with E-state index in [2.05, 4.69) is 22.1 Å². The topological polar surface area (TPSA) is 91.3 Å². The predicted octanol–water partition coefficient (Wildman–Crippen LogP) is 5.10. The number of carbonyl (C=O) groups is 1. The van der Waals surface area contributed by atoms with Crippen molar-refractivity contribution < 1.29 is 14.6 Å². The van der Waals surface area contributed by atoms with E-state index in [9.17, 15) is 9.90 Å². The van der Waals surface area contributed by atoms with Crippen molar-refractivity contribution in [1.29, 1.82) is 0 Å². The molecule has 7 nitrogen and oxygen atoms in total. The number of rotatable bonds is 8. The zero-order chi connectivity index (χ0) is 23.5. The molecular formula is C27H26N4O3. The van der Waals surface area contributed by atoms with Gasteiger partial charge in [0.1, 0.15) is 22.9 Å². The number of aromatic amines is 1. The normalized spacial score (nSPS) is 14.9. The molecule has 4 aromatic rings. The van der Waals surface area contributed by atoms with Crippen molar-refractivity contribution in [2.75, 3.05) is 6.61 Å². The molecule has 5 rings (SSSR count). The largest absolute Gasteiger partial charge is 0.507 e. The second-order valence-electron chi connectivity index (χ2n) is 8.34. The fourth-order valence-corrected chi connectivity index (χ4v) is 4.35. The van der Waals surface area contributed by atoms with Gasteiger partial charge in [-0.15, -0.1) is 0 Å². The fourth-order valence-electron chi connectivity index (χ4n) is 4.35. The average molecular weight is 455 g/mol. The minimum Gasteiger partial charge on any atom is -0.507 e. The molecular weight excluding hydrogens is 428 g/mol. The van der Waals surface area contributed by atoms with E-state index in [1.165, 1.54) is 0 Å². The zero-order valence-electron chi connectivity index (χ0n) is 18.9. The second-order valence-corrected chi connectivity index (χ2v) is 8.34. The molecule has 0 saturated carbocycles. The summed E-state index contributed by atoms with van der Waals surface area (Å²) in [5.74, 6) is 0.792. The summed E-state index contributed by atoms with van der Waals surface area (Å²) in [6.07, 6.45) is 5.52. The highest BCUT2D eigenvalue weighted by Crippen LogP contribution is 2.45. The predicted molar refractivity (Wildman–Crippen MR) is 128 cm³/mol. The smallest absolute Gasteiger partial charge is 0.273 e. The zero-order valence-corrected chi connectivity index (χ0v) is 18.9. The van der Waals surface area contributed by atoms with Crippen molar-refractivity contribution in [2.24, 2.45) is 0 Å². The Morgan fingerprint density at radius 3 is 2.56 bits per heavy atom. The first-order chi connectivity index (χ1) is 16.7. The molecule has 0 bridgehead atoms. The quantitative estimate of drug-likeness (QED) is 0.361. The second kappa shape index (κ2) is 9.39. The van der Waals surface area contributed by atoms with Crippen LogP contribution < -0.4 is 4.74 Å². The monoisotopic (exact) mass is 454 g/mol. The van der Waals surface area contributed by atoms with E-state index in [0.717, 1.165) is 35.3 Å². The number of aromatic hydroxyl groups is 1.